The number of rotatable bonds is 7. The van der Waals surface area contributed by atoms with Gasteiger partial charge in [0.2, 0.25) is 0 Å². The predicted molar refractivity (Wildman–Crippen MR) is 104 cm³/mol. The fraction of sp³-hybridized carbons (Fsp3) is 0.211. The van der Waals surface area contributed by atoms with Crippen LogP contribution >= 0.6 is 0 Å². The van der Waals surface area contributed by atoms with Crippen molar-refractivity contribution in [2.75, 3.05) is 14.2 Å². The van der Waals surface area contributed by atoms with E-state index in [0.717, 1.165) is 17.3 Å². The summed E-state index contributed by atoms with van der Waals surface area (Å²) >= 11 is 0. The van der Waals surface area contributed by atoms with Gasteiger partial charge in [-0.2, -0.15) is 5.10 Å². The number of hydrogen-bond acceptors (Lipinski definition) is 7. The number of aryl methyl sites for hydroxylation is 1. The van der Waals surface area contributed by atoms with Crippen LogP contribution in [-0.2, 0) is 13.6 Å². The summed E-state index contributed by atoms with van der Waals surface area (Å²) in [7, 11) is 4.54. The van der Waals surface area contributed by atoms with E-state index in [1.807, 2.05) is 18.2 Å². The van der Waals surface area contributed by atoms with E-state index >= 15 is 0 Å². The zero-order valence-electron chi connectivity index (χ0n) is 16.1. The van der Waals surface area contributed by atoms with Crippen LogP contribution < -0.4 is 14.8 Å². The summed E-state index contributed by atoms with van der Waals surface area (Å²) in [6, 6.07) is 7.99. The van der Waals surface area contributed by atoms with Crippen LogP contribution in [0.15, 0.2) is 42.7 Å². The number of methoxy groups -OCH3 is 2. The van der Waals surface area contributed by atoms with Gasteiger partial charge < -0.3 is 14.8 Å². The maximum Gasteiger partial charge on any atom is 0.286 e. The van der Waals surface area contributed by atoms with E-state index in [2.05, 4.69) is 15.4 Å². The van der Waals surface area contributed by atoms with Crippen LogP contribution in [0.2, 0.25) is 0 Å². The average Bonchev–Trinajstić information content (AvgIpc) is 3.12. The Labute approximate surface area is 166 Å². The second kappa shape index (κ2) is 8.38. The molecule has 1 N–H and O–H groups in total. The van der Waals surface area contributed by atoms with Gasteiger partial charge in [0.25, 0.3) is 11.6 Å². The van der Waals surface area contributed by atoms with Crippen molar-refractivity contribution in [3.63, 3.8) is 0 Å². The molecule has 1 amide bonds. The van der Waals surface area contributed by atoms with Crippen molar-refractivity contribution in [1.82, 2.24) is 20.1 Å². The number of benzene rings is 1. The molecule has 0 radical (unpaired) electrons. The van der Waals surface area contributed by atoms with Gasteiger partial charge in [0.1, 0.15) is 5.56 Å². The molecule has 0 saturated carbocycles. The Balaban J connectivity index is 1.82. The van der Waals surface area contributed by atoms with Crippen LogP contribution in [0.1, 0.15) is 16.1 Å². The Morgan fingerprint density at radius 1 is 1.17 bits per heavy atom. The van der Waals surface area contributed by atoms with Crippen LogP contribution in [0.25, 0.3) is 11.3 Å². The molecule has 0 saturated heterocycles. The molecule has 0 atom stereocenters. The third-order valence-corrected chi connectivity index (χ3v) is 4.28. The monoisotopic (exact) mass is 397 g/mol. The molecule has 0 bridgehead atoms. The SMILES string of the molecule is COc1cc(C(=O)NCc2cc(-c3ccncc3)n(C)n2)c([N+](=O)[O-])cc1OC. The number of nitrogens with zero attached hydrogens (tertiary/aromatic N) is 4. The van der Waals surface area contributed by atoms with E-state index in [1.165, 1.54) is 20.3 Å². The minimum atomic E-state index is -0.640. The van der Waals surface area contributed by atoms with Crippen LogP contribution in [0.4, 0.5) is 5.69 Å². The van der Waals surface area contributed by atoms with Gasteiger partial charge in [-0.25, -0.2) is 0 Å². The van der Waals surface area contributed by atoms with Gasteiger partial charge in [0.05, 0.1) is 43.1 Å². The standard InChI is InChI=1S/C19H19N5O5/c1-23-15(12-4-6-20-7-5-12)8-13(22-23)11-21-19(25)14-9-17(28-2)18(29-3)10-16(14)24(26)27/h4-10H,11H2,1-3H3,(H,21,25). The first-order valence-electron chi connectivity index (χ1n) is 8.56. The Bertz CT molecular complexity index is 1050. The van der Waals surface area contributed by atoms with Crippen molar-refractivity contribution in [2.45, 2.75) is 6.54 Å². The molecule has 29 heavy (non-hydrogen) atoms. The number of hydrogen-bond donors (Lipinski definition) is 1. The van der Waals surface area contributed by atoms with Crippen molar-refractivity contribution in [3.8, 4) is 22.8 Å². The van der Waals surface area contributed by atoms with Crippen LogP contribution in [0, 0.1) is 10.1 Å². The van der Waals surface area contributed by atoms with Crippen molar-refractivity contribution >= 4 is 11.6 Å². The summed E-state index contributed by atoms with van der Waals surface area (Å²) in [6.45, 7) is 0.100. The molecule has 0 fully saturated rings. The minimum Gasteiger partial charge on any atom is -0.493 e. The lowest BCUT2D eigenvalue weighted by Crippen LogP contribution is -2.24. The molecule has 0 aliphatic carbocycles. The van der Waals surface area contributed by atoms with Crippen molar-refractivity contribution in [1.29, 1.82) is 0 Å². The van der Waals surface area contributed by atoms with Gasteiger partial charge in [-0.3, -0.25) is 24.6 Å². The number of nitro groups is 1. The molecule has 2 heterocycles. The molecule has 0 unspecified atom stereocenters. The number of pyridine rings is 1. The Hall–Kier alpha value is -3.95. The summed E-state index contributed by atoms with van der Waals surface area (Å²) in [6.07, 6.45) is 3.36. The second-order valence-corrected chi connectivity index (χ2v) is 6.04. The average molecular weight is 397 g/mol. The number of carbonyl (C=O) groups is 1. The molecule has 3 rings (SSSR count). The van der Waals surface area contributed by atoms with Gasteiger partial charge in [-0.15, -0.1) is 0 Å². The van der Waals surface area contributed by atoms with Crippen LogP contribution in [0.5, 0.6) is 11.5 Å². The largest absolute Gasteiger partial charge is 0.493 e. The van der Waals surface area contributed by atoms with Crippen LogP contribution in [-0.4, -0.2) is 39.8 Å². The van der Waals surface area contributed by atoms with E-state index in [-0.39, 0.29) is 29.3 Å². The molecule has 150 valence electrons. The molecule has 10 heteroatoms. The molecule has 0 spiro atoms. The highest BCUT2D eigenvalue weighted by Gasteiger charge is 2.24. The fourth-order valence-corrected chi connectivity index (χ4v) is 2.87. The van der Waals surface area contributed by atoms with Gasteiger partial charge in [-0.05, 0) is 18.2 Å². The lowest BCUT2D eigenvalue weighted by Gasteiger charge is -2.10. The molecule has 3 aromatic rings. The summed E-state index contributed by atoms with van der Waals surface area (Å²) in [4.78, 5) is 27.3. The number of nitrogens with one attached hydrogen (secondary N) is 1. The maximum absolute atomic E-state index is 12.6. The van der Waals surface area contributed by atoms with Gasteiger partial charge >= 0.3 is 0 Å². The van der Waals surface area contributed by atoms with E-state index < -0.39 is 10.8 Å². The third-order valence-electron chi connectivity index (χ3n) is 4.28. The molecular weight excluding hydrogens is 378 g/mol. The van der Waals surface area contributed by atoms with E-state index in [9.17, 15) is 14.9 Å². The number of ether oxygens (including phenoxy) is 2. The number of carbonyl (C=O) groups excluding carboxylic acids is 1. The summed E-state index contributed by atoms with van der Waals surface area (Å²) in [5, 5.41) is 18.4. The van der Waals surface area contributed by atoms with E-state index in [1.54, 1.807) is 24.1 Å². The van der Waals surface area contributed by atoms with Gasteiger partial charge in [0, 0.05) is 31.1 Å². The predicted octanol–water partition coefficient (Wildman–Crippen LogP) is 2.34. The first-order valence-corrected chi connectivity index (χ1v) is 8.56. The fourth-order valence-electron chi connectivity index (χ4n) is 2.87. The summed E-state index contributed by atoms with van der Waals surface area (Å²) in [5.41, 5.74) is 1.89. The zero-order valence-corrected chi connectivity index (χ0v) is 16.1. The normalized spacial score (nSPS) is 10.4. The molecule has 10 nitrogen and oxygen atoms in total. The Morgan fingerprint density at radius 3 is 2.45 bits per heavy atom. The zero-order chi connectivity index (χ0) is 21.0. The van der Waals surface area contributed by atoms with E-state index in [0.29, 0.717) is 5.69 Å². The number of nitro benzene ring substituents is 1. The van der Waals surface area contributed by atoms with Crippen molar-refractivity contribution in [3.05, 3.63) is 64.1 Å². The molecule has 0 aliphatic rings. The molecule has 1 aromatic carbocycles. The third kappa shape index (κ3) is 4.15. The van der Waals surface area contributed by atoms with Crippen molar-refractivity contribution < 1.29 is 19.2 Å². The second-order valence-electron chi connectivity index (χ2n) is 6.04. The van der Waals surface area contributed by atoms with Crippen molar-refractivity contribution in [2.24, 2.45) is 7.05 Å². The number of amides is 1. The Kier molecular flexibility index (Phi) is 5.72. The quantitative estimate of drug-likeness (QED) is 0.480. The maximum atomic E-state index is 12.6. The topological polar surface area (TPSA) is 121 Å². The highest BCUT2D eigenvalue weighted by molar-refractivity contribution is 5.99. The Morgan fingerprint density at radius 2 is 1.83 bits per heavy atom. The smallest absolute Gasteiger partial charge is 0.286 e. The van der Waals surface area contributed by atoms with Crippen LogP contribution in [0.3, 0.4) is 0 Å². The van der Waals surface area contributed by atoms with E-state index in [4.69, 9.17) is 9.47 Å². The first-order chi connectivity index (χ1) is 13.9. The number of aromatic nitrogens is 3. The summed E-state index contributed by atoms with van der Waals surface area (Å²) in [5.74, 6) is -0.225. The van der Waals surface area contributed by atoms with Gasteiger partial charge in [0.15, 0.2) is 11.5 Å². The highest BCUT2D eigenvalue weighted by Crippen LogP contribution is 2.34. The lowest BCUT2D eigenvalue weighted by molar-refractivity contribution is -0.385. The van der Waals surface area contributed by atoms with Gasteiger partial charge in [-0.1, -0.05) is 0 Å². The molecule has 0 aliphatic heterocycles. The minimum absolute atomic E-state index is 0.100. The molecular formula is C19H19N5O5. The molecule has 2 aromatic heterocycles. The summed E-state index contributed by atoms with van der Waals surface area (Å²) < 4.78 is 11.9. The lowest BCUT2D eigenvalue weighted by atomic mass is 10.1. The first kappa shape index (κ1) is 19.8. The highest BCUT2D eigenvalue weighted by atomic mass is 16.6.